The lowest BCUT2D eigenvalue weighted by Crippen LogP contribution is -2.22. The number of halogens is 1. The molecule has 0 spiro atoms. The molecule has 0 radical (unpaired) electrons. The largest absolute Gasteiger partial charge is 0.491 e. The van der Waals surface area contributed by atoms with E-state index in [9.17, 15) is 4.79 Å². The van der Waals surface area contributed by atoms with Gasteiger partial charge in [-0.25, -0.2) is 9.97 Å². The summed E-state index contributed by atoms with van der Waals surface area (Å²) in [6.07, 6.45) is 6.87. The molecule has 0 unspecified atom stereocenters. The molecule has 0 bridgehead atoms. The van der Waals surface area contributed by atoms with Crippen molar-refractivity contribution in [2.45, 2.75) is 13.1 Å². The molecule has 5 rings (SSSR count). The van der Waals surface area contributed by atoms with Crippen molar-refractivity contribution in [2.24, 2.45) is 0 Å². The van der Waals surface area contributed by atoms with E-state index in [2.05, 4.69) is 15.1 Å². The molecule has 1 aliphatic rings. The number of carbonyl (C=O) groups is 1. The Balaban J connectivity index is 1.37. The number of ether oxygens (including phenoxy) is 2. The van der Waals surface area contributed by atoms with E-state index < -0.39 is 0 Å². The van der Waals surface area contributed by atoms with E-state index in [-0.39, 0.29) is 5.91 Å². The van der Waals surface area contributed by atoms with Gasteiger partial charge in [0, 0.05) is 24.2 Å². The molecule has 9 nitrogen and oxygen atoms in total. The second-order valence-corrected chi connectivity index (χ2v) is 7.79. The molecule has 0 N–H and O–H groups in total. The molecule has 5 heterocycles. The van der Waals surface area contributed by atoms with Gasteiger partial charge in [-0.05, 0) is 29.8 Å². The minimum Gasteiger partial charge on any atom is -0.491 e. The van der Waals surface area contributed by atoms with Crippen molar-refractivity contribution in [1.82, 2.24) is 24.7 Å². The van der Waals surface area contributed by atoms with Crippen LogP contribution in [-0.4, -0.2) is 44.9 Å². The van der Waals surface area contributed by atoms with Gasteiger partial charge < -0.3 is 9.47 Å². The van der Waals surface area contributed by atoms with Crippen LogP contribution in [0, 0.1) is 0 Å². The smallest absolute Gasteiger partial charge is 0.260 e. The van der Waals surface area contributed by atoms with E-state index in [1.54, 1.807) is 53.5 Å². The number of carbonyl (C=O) groups excluding carboxylic acids is 1. The summed E-state index contributed by atoms with van der Waals surface area (Å²) in [7, 11) is 3.09. The number of amides is 1. The summed E-state index contributed by atoms with van der Waals surface area (Å²) in [6.45, 7) is 0.880. The molecule has 0 fully saturated rings. The van der Waals surface area contributed by atoms with E-state index in [0.717, 1.165) is 11.1 Å². The van der Waals surface area contributed by atoms with E-state index >= 15 is 0 Å². The summed E-state index contributed by atoms with van der Waals surface area (Å²) < 4.78 is 12.3. The van der Waals surface area contributed by atoms with Crippen molar-refractivity contribution in [3.63, 3.8) is 0 Å². The predicted molar refractivity (Wildman–Crippen MR) is 122 cm³/mol. The van der Waals surface area contributed by atoms with Crippen LogP contribution in [0.1, 0.15) is 21.6 Å². The summed E-state index contributed by atoms with van der Waals surface area (Å²) in [5.41, 5.74) is 4.39. The molecule has 1 aliphatic heterocycles. The van der Waals surface area contributed by atoms with Crippen molar-refractivity contribution >= 4 is 23.2 Å². The monoisotopic (exact) mass is 462 g/mol. The second-order valence-electron chi connectivity index (χ2n) is 7.40. The van der Waals surface area contributed by atoms with Gasteiger partial charge in [-0.3, -0.25) is 19.4 Å². The van der Waals surface area contributed by atoms with E-state index in [4.69, 9.17) is 26.1 Å². The number of fused-ring (bicyclic) bond motifs is 1. The molecule has 4 aromatic heterocycles. The summed E-state index contributed by atoms with van der Waals surface area (Å²) >= 11 is 5.85. The van der Waals surface area contributed by atoms with Gasteiger partial charge in [-0.2, -0.15) is 5.10 Å². The number of nitrogens with zero attached hydrogens (tertiary/aromatic N) is 6. The number of aromatic nitrogens is 5. The van der Waals surface area contributed by atoms with Crippen molar-refractivity contribution in [3.8, 4) is 22.9 Å². The van der Waals surface area contributed by atoms with E-state index in [0.29, 0.717) is 52.5 Å². The zero-order valence-corrected chi connectivity index (χ0v) is 18.7. The number of anilines is 1. The van der Waals surface area contributed by atoms with Crippen LogP contribution in [0.2, 0.25) is 5.15 Å². The fourth-order valence-corrected chi connectivity index (χ4v) is 3.80. The Morgan fingerprint density at radius 2 is 1.94 bits per heavy atom. The average Bonchev–Trinajstić information content (AvgIpc) is 3.43. The van der Waals surface area contributed by atoms with Gasteiger partial charge in [-0.15, -0.1) is 0 Å². The third kappa shape index (κ3) is 3.98. The first-order chi connectivity index (χ1) is 16.1. The van der Waals surface area contributed by atoms with Gasteiger partial charge in [0.2, 0.25) is 0 Å². The normalized spacial score (nSPS) is 12.7. The summed E-state index contributed by atoms with van der Waals surface area (Å²) in [5, 5.41) is 4.82. The zero-order valence-electron chi connectivity index (χ0n) is 17.9. The Bertz CT molecular complexity index is 1340. The SMILES string of the molecule is COc1cc(-c2ccc3c(n2)CN(c2cnn(Cc4ccc(Cl)nc4)c2)C3=O)cnc1OC. The Hall–Kier alpha value is -3.98. The van der Waals surface area contributed by atoms with E-state index in [1.807, 2.05) is 18.3 Å². The Kier molecular flexibility index (Phi) is 5.39. The highest BCUT2D eigenvalue weighted by Gasteiger charge is 2.31. The Morgan fingerprint density at radius 3 is 2.70 bits per heavy atom. The van der Waals surface area contributed by atoms with Crippen LogP contribution in [0.3, 0.4) is 0 Å². The average molecular weight is 463 g/mol. The number of rotatable bonds is 6. The first-order valence-electron chi connectivity index (χ1n) is 10.1. The lowest BCUT2D eigenvalue weighted by atomic mass is 10.1. The summed E-state index contributed by atoms with van der Waals surface area (Å²) in [6, 6.07) is 9.03. The Labute approximate surface area is 194 Å². The Morgan fingerprint density at radius 1 is 1.06 bits per heavy atom. The van der Waals surface area contributed by atoms with Crippen LogP contribution in [-0.2, 0) is 13.1 Å². The summed E-state index contributed by atoms with van der Waals surface area (Å²) in [5.74, 6) is 0.802. The molecule has 10 heteroatoms. The topological polar surface area (TPSA) is 95.3 Å². The minimum atomic E-state index is -0.109. The first kappa shape index (κ1) is 20.9. The van der Waals surface area contributed by atoms with Gasteiger partial charge in [0.25, 0.3) is 11.8 Å². The quantitative estimate of drug-likeness (QED) is 0.404. The van der Waals surface area contributed by atoms with Gasteiger partial charge in [0.1, 0.15) is 5.15 Å². The minimum absolute atomic E-state index is 0.109. The maximum atomic E-state index is 13.0. The molecule has 33 heavy (non-hydrogen) atoms. The van der Waals surface area contributed by atoms with Crippen molar-refractivity contribution in [3.05, 3.63) is 77.1 Å². The lowest BCUT2D eigenvalue weighted by molar-refractivity contribution is 0.0996. The third-order valence-corrected chi connectivity index (χ3v) is 5.57. The molecule has 0 aromatic carbocycles. The van der Waals surface area contributed by atoms with Crippen LogP contribution >= 0.6 is 11.6 Å². The molecule has 4 aromatic rings. The lowest BCUT2D eigenvalue weighted by Gasteiger charge is -2.12. The van der Waals surface area contributed by atoms with Crippen molar-refractivity contribution in [1.29, 1.82) is 0 Å². The third-order valence-electron chi connectivity index (χ3n) is 5.35. The first-order valence-corrected chi connectivity index (χ1v) is 10.5. The van der Waals surface area contributed by atoms with Crippen LogP contribution in [0.15, 0.2) is 55.1 Å². The van der Waals surface area contributed by atoms with Crippen LogP contribution in [0.5, 0.6) is 11.6 Å². The van der Waals surface area contributed by atoms with Crippen LogP contribution in [0.25, 0.3) is 11.3 Å². The summed E-state index contributed by atoms with van der Waals surface area (Å²) in [4.78, 5) is 27.7. The highest BCUT2D eigenvalue weighted by molar-refractivity contribution is 6.29. The molecular formula is C23H19ClN6O3. The zero-order chi connectivity index (χ0) is 22.9. The maximum absolute atomic E-state index is 13.0. The van der Waals surface area contributed by atoms with Gasteiger partial charge >= 0.3 is 0 Å². The van der Waals surface area contributed by atoms with Gasteiger partial charge in [-0.1, -0.05) is 17.7 Å². The number of hydrogen-bond donors (Lipinski definition) is 0. The molecule has 0 saturated carbocycles. The van der Waals surface area contributed by atoms with Crippen molar-refractivity contribution in [2.75, 3.05) is 19.1 Å². The molecular weight excluding hydrogens is 444 g/mol. The highest BCUT2D eigenvalue weighted by atomic mass is 35.5. The van der Waals surface area contributed by atoms with Gasteiger partial charge in [0.15, 0.2) is 5.75 Å². The van der Waals surface area contributed by atoms with Gasteiger partial charge in [0.05, 0.1) is 56.1 Å². The van der Waals surface area contributed by atoms with Crippen molar-refractivity contribution < 1.29 is 14.3 Å². The second kappa shape index (κ2) is 8.51. The van der Waals surface area contributed by atoms with E-state index in [1.165, 1.54) is 7.11 Å². The number of pyridine rings is 3. The molecule has 0 atom stereocenters. The molecule has 166 valence electrons. The molecule has 0 saturated heterocycles. The fraction of sp³-hybridized carbons (Fsp3) is 0.174. The highest BCUT2D eigenvalue weighted by Crippen LogP contribution is 2.32. The number of methoxy groups -OCH3 is 2. The number of hydrogen-bond acceptors (Lipinski definition) is 7. The standard InChI is InChI=1S/C23H19ClN6O3/c1-32-20-7-15(9-26-22(20)33-2)18-5-4-17-19(28-18)13-30(23(17)31)16-10-27-29(12-16)11-14-3-6-21(24)25-8-14/h3-10,12H,11,13H2,1-2H3. The molecule has 0 aliphatic carbocycles. The maximum Gasteiger partial charge on any atom is 0.260 e. The molecule has 1 amide bonds. The van der Waals surface area contributed by atoms with Crippen LogP contribution < -0.4 is 14.4 Å². The fourth-order valence-electron chi connectivity index (χ4n) is 3.69. The van der Waals surface area contributed by atoms with Crippen LogP contribution in [0.4, 0.5) is 5.69 Å². The predicted octanol–water partition coefficient (Wildman–Crippen LogP) is 3.61.